The summed E-state index contributed by atoms with van der Waals surface area (Å²) in [5.74, 6) is -0.513. The molecule has 3 N–H and O–H groups in total. The van der Waals surface area contributed by atoms with Crippen LogP contribution in [-0.4, -0.2) is 21.7 Å². The molecule has 24 heavy (non-hydrogen) atoms. The number of nitrogens with zero attached hydrogens (tertiary/aromatic N) is 1. The lowest BCUT2D eigenvalue weighted by atomic mass is 9.87. The molecule has 1 aliphatic rings. The van der Waals surface area contributed by atoms with Crippen LogP contribution in [0.15, 0.2) is 4.47 Å². The molecule has 6 heteroatoms. The second-order valence-corrected chi connectivity index (χ2v) is 8.49. The molecular formula is C18H27BrN2O3. The number of aromatic nitrogens is 1. The molecule has 0 atom stereocenters. The van der Waals surface area contributed by atoms with Crippen molar-refractivity contribution in [2.45, 2.75) is 77.0 Å². The second kappa shape index (κ2) is 7.30. The summed E-state index contributed by atoms with van der Waals surface area (Å²) in [4.78, 5) is 24.2. The van der Waals surface area contributed by atoms with E-state index in [0.717, 1.165) is 38.5 Å². The van der Waals surface area contributed by atoms with Crippen LogP contribution in [0.5, 0.6) is 0 Å². The van der Waals surface area contributed by atoms with Gasteiger partial charge in [0.1, 0.15) is 0 Å². The summed E-state index contributed by atoms with van der Waals surface area (Å²) in [7, 11) is 0. The quantitative estimate of drug-likeness (QED) is 0.734. The summed E-state index contributed by atoms with van der Waals surface area (Å²) >= 11 is 3.47. The predicted molar refractivity (Wildman–Crippen MR) is 97.8 cm³/mol. The van der Waals surface area contributed by atoms with Crippen LogP contribution in [0.1, 0.15) is 93.4 Å². The highest BCUT2D eigenvalue weighted by Crippen LogP contribution is 2.42. The number of primary amides is 1. The lowest BCUT2D eigenvalue weighted by molar-refractivity contribution is 0.0998. The third-order valence-corrected chi connectivity index (χ3v) is 5.56. The fraction of sp³-hybridized carbons (Fsp3) is 0.667. The Bertz CT molecular complexity index is 636. The van der Waals surface area contributed by atoms with E-state index in [1.165, 1.54) is 11.0 Å². The number of carbonyl (C=O) groups is 2. The molecule has 0 bridgehead atoms. The lowest BCUT2D eigenvalue weighted by Gasteiger charge is -2.24. The highest BCUT2D eigenvalue weighted by atomic mass is 79.9. The number of carbonyl (C=O) groups excluding carboxylic acids is 1. The molecule has 1 aromatic rings. The van der Waals surface area contributed by atoms with Crippen molar-refractivity contribution in [2.75, 3.05) is 0 Å². The van der Waals surface area contributed by atoms with E-state index in [9.17, 15) is 14.7 Å². The third-order valence-electron chi connectivity index (χ3n) is 4.79. The van der Waals surface area contributed by atoms with Crippen LogP contribution in [0.3, 0.4) is 0 Å². The molecule has 1 heterocycles. The first-order valence-corrected chi connectivity index (χ1v) is 9.43. The number of hydrogen-bond acceptors (Lipinski definition) is 2. The van der Waals surface area contributed by atoms with E-state index in [1.54, 1.807) is 0 Å². The Balaban J connectivity index is 2.71. The number of amides is 1. The zero-order valence-electron chi connectivity index (χ0n) is 14.7. The Labute approximate surface area is 151 Å². The molecule has 0 unspecified atom stereocenters. The van der Waals surface area contributed by atoms with Crippen molar-refractivity contribution in [2.24, 2.45) is 5.73 Å². The van der Waals surface area contributed by atoms with Crippen molar-refractivity contribution in [3.8, 4) is 0 Å². The van der Waals surface area contributed by atoms with Gasteiger partial charge in [-0.1, -0.05) is 52.9 Å². The predicted octanol–water partition coefficient (Wildman–Crippen LogP) is 5.00. The fourth-order valence-electron chi connectivity index (χ4n) is 3.78. The molecule has 1 amide bonds. The summed E-state index contributed by atoms with van der Waals surface area (Å²) in [5, 5.41) is 9.88. The Kier molecular flexibility index (Phi) is 5.78. The highest BCUT2D eigenvalue weighted by molar-refractivity contribution is 9.10. The van der Waals surface area contributed by atoms with Crippen molar-refractivity contribution in [3.63, 3.8) is 0 Å². The first-order valence-electron chi connectivity index (χ1n) is 8.64. The van der Waals surface area contributed by atoms with Gasteiger partial charge in [-0.25, -0.2) is 4.79 Å². The maximum absolute atomic E-state index is 12.1. The Hall–Kier alpha value is -1.30. The molecule has 5 nitrogen and oxygen atoms in total. The summed E-state index contributed by atoms with van der Waals surface area (Å²) in [5.41, 5.74) is 6.73. The minimum atomic E-state index is -1.05. The van der Waals surface area contributed by atoms with Gasteiger partial charge >= 0.3 is 6.09 Å². The van der Waals surface area contributed by atoms with Crippen molar-refractivity contribution in [1.82, 2.24) is 4.57 Å². The number of nitrogens with two attached hydrogens (primary N) is 1. The normalized spacial score (nSPS) is 17.3. The Morgan fingerprint density at radius 1 is 1.12 bits per heavy atom. The van der Waals surface area contributed by atoms with E-state index in [-0.39, 0.29) is 5.92 Å². The van der Waals surface area contributed by atoms with Gasteiger partial charge in [0.15, 0.2) is 0 Å². The first kappa shape index (κ1) is 19.0. The maximum Gasteiger partial charge on any atom is 0.416 e. The van der Waals surface area contributed by atoms with E-state index >= 15 is 0 Å². The molecule has 1 saturated carbocycles. The van der Waals surface area contributed by atoms with Crippen LogP contribution < -0.4 is 5.73 Å². The van der Waals surface area contributed by atoms with Gasteiger partial charge in [-0.3, -0.25) is 9.36 Å². The largest absolute Gasteiger partial charge is 0.464 e. The number of rotatable bonds is 2. The molecule has 0 aliphatic heterocycles. The van der Waals surface area contributed by atoms with E-state index in [0.29, 0.717) is 21.4 Å². The Morgan fingerprint density at radius 2 is 1.62 bits per heavy atom. The van der Waals surface area contributed by atoms with E-state index in [2.05, 4.69) is 15.9 Å². The molecule has 0 radical (unpaired) electrons. The van der Waals surface area contributed by atoms with Crippen molar-refractivity contribution in [3.05, 3.63) is 21.4 Å². The SMILES string of the molecule is CC(C)(C)c1c(Br)c(C(N)=O)c(C2CCCCCCC2)n1C(=O)O. The molecule has 1 aliphatic carbocycles. The smallest absolute Gasteiger partial charge is 0.416 e. The van der Waals surface area contributed by atoms with Gasteiger partial charge in [0.05, 0.1) is 10.0 Å². The van der Waals surface area contributed by atoms with Gasteiger partial charge in [-0.05, 0) is 28.8 Å². The standard InChI is InChI=1S/C18H27BrN2O3/c1-18(2,3)15-13(19)12(16(20)22)14(21(15)17(23)24)11-9-7-5-4-6-8-10-11/h11H,4-10H2,1-3H3,(H2,20,22)(H,23,24). The number of halogens is 1. The molecule has 0 aromatic carbocycles. The van der Waals surface area contributed by atoms with Crippen LogP contribution in [0, 0.1) is 0 Å². The van der Waals surface area contributed by atoms with E-state index in [1.807, 2.05) is 20.8 Å². The van der Waals surface area contributed by atoms with Crippen molar-refractivity contribution in [1.29, 1.82) is 0 Å². The zero-order chi connectivity index (χ0) is 18.1. The van der Waals surface area contributed by atoms with Crippen LogP contribution in [0.2, 0.25) is 0 Å². The molecule has 134 valence electrons. The number of carboxylic acid groups (broad SMARTS) is 1. The van der Waals surface area contributed by atoms with Gasteiger partial charge in [-0.15, -0.1) is 0 Å². The zero-order valence-corrected chi connectivity index (χ0v) is 16.3. The molecule has 2 rings (SSSR count). The monoisotopic (exact) mass is 398 g/mol. The van der Waals surface area contributed by atoms with Crippen molar-refractivity contribution >= 4 is 27.9 Å². The van der Waals surface area contributed by atoms with Gasteiger partial charge < -0.3 is 10.8 Å². The van der Waals surface area contributed by atoms with Crippen LogP contribution in [-0.2, 0) is 5.41 Å². The minimum Gasteiger partial charge on any atom is -0.464 e. The first-order chi connectivity index (χ1) is 11.2. The van der Waals surface area contributed by atoms with Crippen LogP contribution in [0.25, 0.3) is 0 Å². The summed E-state index contributed by atoms with van der Waals surface area (Å²) in [6.07, 6.45) is 6.39. The minimum absolute atomic E-state index is 0.0521. The third kappa shape index (κ3) is 3.68. The summed E-state index contributed by atoms with van der Waals surface area (Å²) in [6, 6.07) is 0. The molecule has 1 aromatic heterocycles. The molecule has 0 saturated heterocycles. The summed E-state index contributed by atoms with van der Waals surface area (Å²) in [6.45, 7) is 5.83. The fourth-order valence-corrected chi connectivity index (χ4v) is 4.95. The van der Waals surface area contributed by atoms with Gasteiger partial charge in [-0.2, -0.15) is 0 Å². The van der Waals surface area contributed by atoms with Crippen LogP contribution in [0.4, 0.5) is 4.79 Å². The average molecular weight is 399 g/mol. The molecule has 0 spiro atoms. The van der Waals surface area contributed by atoms with Gasteiger partial charge in [0.2, 0.25) is 0 Å². The summed E-state index contributed by atoms with van der Waals surface area (Å²) < 4.78 is 1.85. The van der Waals surface area contributed by atoms with E-state index in [4.69, 9.17) is 5.73 Å². The maximum atomic E-state index is 12.1. The van der Waals surface area contributed by atoms with E-state index < -0.39 is 17.4 Å². The topological polar surface area (TPSA) is 85.3 Å². The second-order valence-electron chi connectivity index (χ2n) is 7.70. The number of hydrogen-bond donors (Lipinski definition) is 2. The van der Waals surface area contributed by atoms with Gasteiger partial charge in [0.25, 0.3) is 5.91 Å². The van der Waals surface area contributed by atoms with Gasteiger partial charge in [0, 0.05) is 22.7 Å². The molecule has 1 fully saturated rings. The van der Waals surface area contributed by atoms with Crippen LogP contribution >= 0.6 is 15.9 Å². The Morgan fingerprint density at radius 3 is 2.04 bits per heavy atom. The average Bonchev–Trinajstić information content (AvgIpc) is 2.71. The lowest BCUT2D eigenvalue weighted by Crippen LogP contribution is -2.25. The molecular weight excluding hydrogens is 372 g/mol. The highest BCUT2D eigenvalue weighted by Gasteiger charge is 2.36. The van der Waals surface area contributed by atoms with Crippen molar-refractivity contribution < 1.29 is 14.7 Å².